The third-order valence-electron chi connectivity index (χ3n) is 4.00. The summed E-state index contributed by atoms with van der Waals surface area (Å²) in [5, 5.41) is 1.16. The van der Waals surface area contributed by atoms with E-state index >= 15 is 0 Å². The second-order valence-corrected chi connectivity index (χ2v) is 6.76. The fourth-order valence-electron chi connectivity index (χ4n) is 2.56. The van der Waals surface area contributed by atoms with Gasteiger partial charge in [-0.2, -0.15) is 0 Å². The van der Waals surface area contributed by atoms with Gasteiger partial charge in [-0.1, -0.05) is 27.2 Å². The predicted octanol–water partition coefficient (Wildman–Crippen LogP) is 3.80. The van der Waals surface area contributed by atoms with E-state index in [1.165, 1.54) is 19.3 Å². The molecule has 1 aliphatic heterocycles. The summed E-state index contributed by atoms with van der Waals surface area (Å²) >= 11 is 1.56. The maximum absolute atomic E-state index is 12.1. The van der Waals surface area contributed by atoms with E-state index in [2.05, 4.69) is 11.8 Å². The molecule has 2 heterocycles. The first-order valence-corrected chi connectivity index (χ1v) is 8.03. The topological polar surface area (TPSA) is 46.3 Å². The van der Waals surface area contributed by atoms with E-state index in [0.29, 0.717) is 5.69 Å². The average Bonchev–Trinajstić information content (AvgIpc) is 2.80. The quantitative estimate of drug-likeness (QED) is 0.853. The predicted molar refractivity (Wildman–Crippen MR) is 83.1 cm³/mol. The van der Waals surface area contributed by atoms with Crippen LogP contribution in [0.25, 0.3) is 0 Å². The van der Waals surface area contributed by atoms with Crippen molar-refractivity contribution in [2.24, 2.45) is 11.8 Å². The van der Waals surface area contributed by atoms with Crippen molar-refractivity contribution in [3.8, 4) is 0 Å². The Balaban J connectivity index is 2.10. The highest BCUT2D eigenvalue weighted by Gasteiger charge is 2.23. The van der Waals surface area contributed by atoms with Crippen LogP contribution in [-0.2, 0) is 0 Å². The molecule has 0 atom stereocenters. The zero-order chi connectivity index (χ0) is 14.0. The van der Waals surface area contributed by atoms with Gasteiger partial charge in [0, 0.05) is 19.0 Å². The van der Waals surface area contributed by atoms with Crippen LogP contribution in [0.5, 0.6) is 0 Å². The molecule has 1 fully saturated rings. The van der Waals surface area contributed by atoms with Crippen LogP contribution in [0.1, 0.15) is 49.7 Å². The molecular weight excluding hydrogens is 256 g/mol. The number of nitrogens with zero attached hydrogens (tertiary/aromatic N) is 1. The number of hydrogen-bond donors (Lipinski definition) is 1. The summed E-state index contributed by atoms with van der Waals surface area (Å²) in [6, 6.07) is 1.98. The standard InChI is InChI=1S/C15H24N2OS/c1-4-11-5-7-17(8-6-11)13-9-12(16)15(19-13)14(18)10(2)3/h9-11H,4-8,16H2,1-3H3. The highest BCUT2D eigenvalue weighted by molar-refractivity contribution is 7.18. The molecule has 0 radical (unpaired) electrons. The lowest BCUT2D eigenvalue weighted by molar-refractivity contribution is 0.0944. The summed E-state index contributed by atoms with van der Waals surface area (Å²) < 4.78 is 0. The zero-order valence-corrected chi connectivity index (χ0v) is 12.9. The number of rotatable bonds is 4. The minimum Gasteiger partial charge on any atom is -0.397 e. The van der Waals surface area contributed by atoms with Crippen LogP contribution in [-0.4, -0.2) is 18.9 Å². The van der Waals surface area contributed by atoms with Crippen molar-refractivity contribution in [2.75, 3.05) is 23.7 Å². The Hall–Kier alpha value is -1.03. The zero-order valence-electron chi connectivity index (χ0n) is 12.1. The first-order chi connectivity index (χ1) is 9.02. The Morgan fingerprint density at radius 1 is 1.47 bits per heavy atom. The molecule has 1 aromatic rings. The summed E-state index contributed by atoms with van der Waals surface area (Å²) in [5.74, 6) is 1.04. The van der Waals surface area contributed by atoms with Gasteiger partial charge in [-0.3, -0.25) is 4.79 Å². The Bertz CT molecular complexity index is 445. The molecule has 0 unspecified atom stereocenters. The average molecular weight is 280 g/mol. The molecule has 0 saturated carbocycles. The molecule has 106 valence electrons. The van der Waals surface area contributed by atoms with Crippen LogP contribution in [0.4, 0.5) is 10.7 Å². The van der Waals surface area contributed by atoms with E-state index < -0.39 is 0 Å². The SMILES string of the molecule is CCC1CCN(c2cc(N)c(C(=O)C(C)C)s2)CC1. The van der Waals surface area contributed by atoms with Crippen LogP contribution in [0, 0.1) is 11.8 Å². The summed E-state index contributed by atoms with van der Waals surface area (Å²) in [5.41, 5.74) is 6.65. The van der Waals surface area contributed by atoms with Crippen molar-refractivity contribution in [3.05, 3.63) is 10.9 Å². The highest BCUT2D eigenvalue weighted by Crippen LogP contribution is 2.36. The van der Waals surface area contributed by atoms with Gasteiger partial charge in [0.05, 0.1) is 15.6 Å². The van der Waals surface area contributed by atoms with Gasteiger partial charge in [0.2, 0.25) is 0 Å². The lowest BCUT2D eigenvalue weighted by atomic mass is 9.95. The molecule has 0 spiro atoms. The first-order valence-electron chi connectivity index (χ1n) is 7.21. The summed E-state index contributed by atoms with van der Waals surface area (Å²) in [4.78, 5) is 15.2. The van der Waals surface area contributed by atoms with Gasteiger partial charge in [-0.25, -0.2) is 0 Å². The number of anilines is 2. The summed E-state index contributed by atoms with van der Waals surface area (Å²) in [7, 11) is 0. The van der Waals surface area contributed by atoms with Crippen LogP contribution < -0.4 is 10.6 Å². The van der Waals surface area contributed by atoms with Crippen molar-refractivity contribution in [1.29, 1.82) is 0 Å². The molecule has 2 rings (SSSR count). The fraction of sp³-hybridized carbons (Fsp3) is 0.667. The Labute approximate surface area is 119 Å². The van der Waals surface area contributed by atoms with E-state index in [9.17, 15) is 4.79 Å². The Morgan fingerprint density at radius 2 is 2.11 bits per heavy atom. The smallest absolute Gasteiger partial charge is 0.177 e. The Morgan fingerprint density at radius 3 is 2.63 bits per heavy atom. The number of ketones is 1. The summed E-state index contributed by atoms with van der Waals surface area (Å²) in [6.45, 7) is 8.30. The second-order valence-electron chi connectivity index (χ2n) is 5.73. The monoisotopic (exact) mass is 280 g/mol. The van der Waals surface area contributed by atoms with Crippen molar-refractivity contribution < 1.29 is 4.79 Å². The summed E-state index contributed by atoms with van der Waals surface area (Å²) in [6.07, 6.45) is 3.78. The van der Waals surface area contributed by atoms with Crippen molar-refractivity contribution in [1.82, 2.24) is 0 Å². The number of piperidine rings is 1. The molecule has 2 N–H and O–H groups in total. The maximum atomic E-state index is 12.1. The molecule has 1 saturated heterocycles. The lowest BCUT2D eigenvalue weighted by Gasteiger charge is -2.32. The van der Waals surface area contributed by atoms with E-state index in [-0.39, 0.29) is 11.7 Å². The lowest BCUT2D eigenvalue weighted by Crippen LogP contribution is -2.32. The molecule has 3 nitrogen and oxygen atoms in total. The second kappa shape index (κ2) is 5.95. The molecule has 0 amide bonds. The van der Waals surface area contributed by atoms with E-state index in [1.807, 2.05) is 19.9 Å². The molecule has 1 aliphatic rings. The fourth-order valence-corrected chi connectivity index (χ4v) is 3.78. The van der Waals surface area contributed by atoms with Crippen LogP contribution >= 0.6 is 11.3 Å². The number of carbonyl (C=O) groups excluding carboxylic acids is 1. The minimum absolute atomic E-state index is 0.0135. The number of carbonyl (C=O) groups is 1. The number of Topliss-reactive ketones (excluding diaryl/α,β-unsaturated/α-hetero) is 1. The molecule has 1 aromatic heterocycles. The highest BCUT2D eigenvalue weighted by atomic mass is 32.1. The van der Waals surface area contributed by atoms with Crippen molar-refractivity contribution >= 4 is 27.8 Å². The largest absolute Gasteiger partial charge is 0.397 e. The van der Waals surface area contributed by atoms with Crippen LogP contribution in [0.3, 0.4) is 0 Å². The van der Waals surface area contributed by atoms with Gasteiger partial charge in [0.25, 0.3) is 0 Å². The van der Waals surface area contributed by atoms with Gasteiger partial charge >= 0.3 is 0 Å². The van der Waals surface area contributed by atoms with E-state index in [4.69, 9.17) is 5.73 Å². The van der Waals surface area contributed by atoms with Gasteiger partial charge in [0.15, 0.2) is 5.78 Å². The van der Waals surface area contributed by atoms with Gasteiger partial charge < -0.3 is 10.6 Å². The molecule has 19 heavy (non-hydrogen) atoms. The minimum atomic E-state index is 0.0135. The van der Waals surface area contributed by atoms with E-state index in [0.717, 1.165) is 28.9 Å². The van der Waals surface area contributed by atoms with Gasteiger partial charge in [0.1, 0.15) is 0 Å². The number of nitrogen functional groups attached to an aromatic ring is 1. The van der Waals surface area contributed by atoms with Crippen molar-refractivity contribution in [2.45, 2.75) is 40.0 Å². The maximum Gasteiger partial charge on any atom is 0.177 e. The number of nitrogens with two attached hydrogens (primary N) is 1. The van der Waals surface area contributed by atoms with E-state index in [1.54, 1.807) is 11.3 Å². The normalized spacial score (nSPS) is 17.2. The molecule has 0 aliphatic carbocycles. The van der Waals surface area contributed by atoms with Crippen molar-refractivity contribution in [3.63, 3.8) is 0 Å². The molecule has 4 heteroatoms. The molecular formula is C15H24N2OS. The first kappa shape index (κ1) is 14.4. The third-order valence-corrected chi connectivity index (χ3v) is 5.23. The van der Waals surface area contributed by atoms with Crippen LogP contribution in [0.2, 0.25) is 0 Å². The van der Waals surface area contributed by atoms with Gasteiger partial charge in [-0.05, 0) is 24.8 Å². The molecule has 0 bridgehead atoms. The van der Waals surface area contributed by atoms with Crippen LogP contribution in [0.15, 0.2) is 6.07 Å². The molecule has 0 aromatic carbocycles. The third kappa shape index (κ3) is 3.11. The van der Waals surface area contributed by atoms with Gasteiger partial charge in [-0.15, -0.1) is 11.3 Å². The number of hydrogen-bond acceptors (Lipinski definition) is 4. The number of thiophene rings is 1. The Kier molecular flexibility index (Phi) is 4.50.